The van der Waals surface area contributed by atoms with Crippen LogP contribution in [0.4, 0.5) is 0 Å². The third-order valence-electron chi connectivity index (χ3n) is 5.27. The maximum absolute atomic E-state index is 12.7. The van der Waals surface area contributed by atoms with E-state index in [9.17, 15) is 9.59 Å². The van der Waals surface area contributed by atoms with E-state index in [1.165, 1.54) is 11.8 Å². The highest BCUT2D eigenvalue weighted by Crippen LogP contribution is 2.20. The van der Waals surface area contributed by atoms with Crippen LogP contribution in [0.3, 0.4) is 0 Å². The Hall–Kier alpha value is -2.97. The van der Waals surface area contributed by atoms with Crippen LogP contribution in [0.25, 0.3) is 11.0 Å². The van der Waals surface area contributed by atoms with Gasteiger partial charge < -0.3 is 14.4 Å². The van der Waals surface area contributed by atoms with E-state index < -0.39 is 0 Å². The molecular formula is C24H25N3O4S. The monoisotopic (exact) mass is 451 g/mol. The van der Waals surface area contributed by atoms with Crippen molar-refractivity contribution in [2.75, 3.05) is 32.1 Å². The van der Waals surface area contributed by atoms with Crippen molar-refractivity contribution in [3.63, 3.8) is 0 Å². The van der Waals surface area contributed by atoms with Gasteiger partial charge in [-0.15, -0.1) is 0 Å². The van der Waals surface area contributed by atoms with Gasteiger partial charge in [0, 0.05) is 12.1 Å². The van der Waals surface area contributed by atoms with Crippen molar-refractivity contribution in [2.24, 2.45) is 0 Å². The van der Waals surface area contributed by atoms with Crippen molar-refractivity contribution in [2.45, 2.75) is 25.0 Å². The smallest absolute Gasteiger partial charge is 0.233 e. The van der Waals surface area contributed by atoms with E-state index in [-0.39, 0.29) is 17.8 Å². The van der Waals surface area contributed by atoms with Gasteiger partial charge in [0.2, 0.25) is 5.91 Å². The van der Waals surface area contributed by atoms with Gasteiger partial charge in [-0.05, 0) is 49.7 Å². The number of fused-ring (bicyclic) bond motifs is 1. The van der Waals surface area contributed by atoms with Crippen LogP contribution in [0.5, 0.6) is 5.75 Å². The standard InChI is InChI=1S/C24H25N3O4S/c1-16-11-18(7-8-20(16)17(2)28)31-14-19-13-27(9-10-30-19)24(29)15-32-23-12-25-21-5-3-4-6-22(21)26-23/h3-8,11-12,19H,9-10,13-15H2,1-2H3. The molecule has 1 unspecified atom stereocenters. The zero-order valence-corrected chi connectivity index (χ0v) is 18.9. The summed E-state index contributed by atoms with van der Waals surface area (Å²) in [5, 5.41) is 0.731. The molecule has 166 valence electrons. The first-order chi connectivity index (χ1) is 15.5. The number of amides is 1. The number of carbonyl (C=O) groups excluding carboxylic acids is 2. The van der Waals surface area contributed by atoms with Crippen molar-refractivity contribution >= 4 is 34.5 Å². The normalized spacial score (nSPS) is 16.2. The Kier molecular flexibility index (Phi) is 7.02. The number of Topliss-reactive ketones (excluding diaryl/α,β-unsaturated/α-hetero) is 1. The van der Waals surface area contributed by atoms with Gasteiger partial charge in [-0.3, -0.25) is 14.6 Å². The highest BCUT2D eigenvalue weighted by atomic mass is 32.2. The van der Waals surface area contributed by atoms with E-state index in [1.54, 1.807) is 25.3 Å². The van der Waals surface area contributed by atoms with Gasteiger partial charge in [-0.25, -0.2) is 4.98 Å². The Morgan fingerprint density at radius 1 is 1.22 bits per heavy atom. The van der Waals surface area contributed by atoms with Crippen LogP contribution in [0.1, 0.15) is 22.8 Å². The van der Waals surface area contributed by atoms with E-state index in [0.717, 1.165) is 21.6 Å². The molecule has 1 amide bonds. The summed E-state index contributed by atoms with van der Waals surface area (Å²) >= 11 is 1.39. The number of thioether (sulfide) groups is 1. The lowest BCUT2D eigenvalue weighted by molar-refractivity contribution is -0.137. The molecule has 1 fully saturated rings. The van der Waals surface area contributed by atoms with Crippen molar-refractivity contribution in [1.82, 2.24) is 14.9 Å². The molecule has 0 spiro atoms. The fraction of sp³-hybridized carbons (Fsp3) is 0.333. The Balaban J connectivity index is 1.28. The van der Waals surface area contributed by atoms with E-state index in [2.05, 4.69) is 9.97 Å². The molecule has 3 aromatic rings. The van der Waals surface area contributed by atoms with Gasteiger partial charge in [0.15, 0.2) is 5.78 Å². The summed E-state index contributed by atoms with van der Waals surface area (Å²) < 4.78 is 11.6. The maximum atomic E-state index is 12.7. The van der Waals surface area contributed by atoms with E-state index in [4.69, 9.17) is 9.47 Å². The first-order valence-corrected chi connectivity index (χ1v) is 11.5. The van der Waals surface area contributed by atoms with E-state index in [1.807, 2.05) is 42.2 Å². The first kappa shape index (κ1) is 22.2. The molecule has 0 saturated carbocycles. The number of carbonyl (C=O) groups is 2. The largest absolute Gasteiger partial charge is 0.491 e. The van der Waals surface area contributed by atoms with Crippen LogP contribution in [0.2, 0.25) is 0 Å². The number of hydrogen-bond acceptors (Lipinski definition) is 7. The number of rotatable bonds is 7. The molecule has 2 heterocycles. The molecule has 0 aliphatic carbocycles. The van der Waals surface area contributed by atoms with Crippen LogP contribution in [0.15, 0.2) is 53.7 Å². The second-order valence-corrected chi connectivity index (χ2v) is 8.66. The quantitative estimate of drug-likeness (QED) is 0.401. The average molecular weight is 452 g/mol. The Labute approximate surface area is 191 Å². The van der Waals surface area contributed by atoms with Gasteiger partial charge in [0.25, 0.3) is 0 Å². The minimum Gasteiger partial charge on any atom is -0.491 e. The molecule has 7 nitrogen and oxygen atoms in total. The molecule has 1 aliphatic heterocycles. The molecule has 1 aliphatic rings. The van der Waals surface area contributed by atoms with Gasteiger partial charge in [-0.2, -0.15) is 0 Å². The summed E-state index contributed by atoms with van der Waals surface area (Å²) in [6, 6.07) is 13.1. The first-order valence-electron chi connectivity index (χ1n) is 10.5. The van der Waals surface area contributed by atoms with Crippen LogP contribution in [0, 0.1) is 6.92 Å². The highest BCUT2D eigenvalue weighted by molar-refractivity contribution is 7.99. The minimum absolute atomic E-state index is 0.0337. The van der Waals surface area contributed by atoms with Crippen LogP contribution >= 0.6 is 11.8 Å². The van der Waals surface area contributed by atoms with Crippen LogP contribution < -0.4 is 4.74 Å². The molecule has 1 atom stereocenters. The summed E-state index contributed by atoms with van der Waals surface area (Å²) in [5.41, 5.74) is 3.23. The molecular weight excluding hydrogens is 426 g/mol. The number of para-hydroxylation sites is 2. The lowest BCUT2D eigenvalue weighted by Crippen LogP contribution is -2.48. The van der Waals surface area contributed by atoms with Gasteiger partial charge in [-0.1, -0.05) is 23.9 Å². The van der Waals surface area contributed by atoms with Crippen LogP contribution in [-0.2, 0) is 9.53 Å². The third-order valence-corrected chi connectivity index (χ3v) is 6.16. The average Bonchev–Trinajstić information content (AvgIpc) is 2.81. The number of hydrogen-bond donors (Lipinski definition) is 0. The van der Waals surface area contributed by atoms with Crippen molar-refractivity contribution in [3.8, 4) is 5.75 Å². The second-order valence-electron chi connectivity index (χ2n) is 7.66. The lowest BCUT2D eigenvalue weighted by Gasteiger charge is -2.32. The molecule has 0 N–H and O–H groups in total. The third kappa shape index (κ3) is 5.44. The minimum atomic E-state index is -0.203. The molecule has 2 aromatic carbocycles. The van der Waals surface area contributed by atoms with Crippen LogP contribution in [-0.4, -0.2) is 64.7 Å². The number of nitrogens with zero attached hydrogens (tertiary/aromatic N) is 3. The highest BCUT2D eigenvalue weighted by Gasteiger charge is 2.25. The van der Waals surface area contributed by atoms with E-state index >= 15 is 0 Å². The summed E-state index contributed by atoms with van der Waals surface area (Å²) in [7, 11) is 0. The van der Waals surface area contributed by atoms with Gasteiger partial charge >= 0.3 is 0 Å². The molecule has 8 heteroatoms. The number of aromatic nitrogens is 2. The predicted octanol–water partition coefficient (Wildman–Crippen LogP) is 3.54. The SMILES string of the molecule is CC(=O)c1ccc(OCC2CN(C(=O)CSc3cnc4ccccc4n3)CCO2)cc1C. The summed E-state index contributed by atoms with van der Waals surface area (Å²) in [4.78, 5) is 35.1. The van der Waals surface area contributed by atoms with Crippen molar-refractivity contribution < 1.29 is 19.1 Å². The summed E-state index contributed by atoms with van der Waals surface area (Å²) in [6.07, 6.45) is 1.50. The molecule has 4 rings (SSSR count). The number of ether oxygens (including phenoxy) is 2. The van der Waals surface area contributed by atoms with E-state index in [0.29, 0.717) is 43.4 Å². The number of morpholine rings is 1. The zero-order chi connectivity index (χ0) is 22.5. The number of benzene rings is 2. The number of ketones is 1. The molecule has 32 heavy (non-hydrogen) atoms. The number of aryl methyl sites for hydroxylation is 1. The predicted molar refractivity (Wildman–Crippen MR) is 123 cm³/mol. The fourth-order valence-electron chi connectivity index (χ4n) is 3.59. The molecule has 1 saturated heterocycles. The van der Waals surface area contributed by atoms with Gasteiger partial charge in [0.05, 0.1) is 36.1 Å². The zero-order valence-electron chi connectivity index (χ0n) is 18.1. The second kappa shape index (κ2) is 10.1. The fourth-order valence-corrected chi connectivity index (χ4v) is 4.34. The molecule has 1 aromatic heterocycles. The van der Waals surface area contributed by atoms with Crippen molar-refractivity contribution in [1.29, 1.82) is 0 Å². The Morgan fingerprint density at radius 3 is 2.81 bits per heavy atom. The summed E-state index contributed by atoms with van der Waals surface area (Å²) in [5.74, 6) is 1.06. The van der Waals surface area contributed by atoms with Crippen molar-refractivity contribution in [3.05, 3.63) is 59.8 Å². The summed E-state index contributed by atoms with van der Waals surface area (Å²) in [6.45, 7) is 5.29. The Bertz CT molecular complexity index is 1140. The molecule has 0 radical (unpaired) electrons. The Morgan fingerprint density at radius 2 is 2.03 bits per heavy atom. The maximum Gasteiger partial charge on any atom is 0.233 e. The van der Waals surface area contributed by atoms with Gasteiger partial charge in [0.1, 0.15) is 23.5 Å². The topological polar surface area (TPSA) is 81.6 Å². The molecule has 0 bridgehead atoms. The lowest BCUT2D eigenvalue weighted by atomic mass is 10.1.